The van der Waals surface area contributed by atoms with E-state index in [9.17, 15) is 23.3 Å². The van der Waals surface area contributed by atoms with E-state index < -0.39 is 17.0 Å². The normalized spacial score (nSPS) is 21.1. The van der Waals surface area contributed by atoms with E-state index in [1.807, 2.05) is 0 Å². The van der Waals surface area contributed by atoms with Crippen molar-refractivity contribution in [3.05, 3.63) is 46.1 Å². The lowest BCUT2D eigenvalue weighted by molar-refractivity contribution is -0.384. The second-order valence-electron chi connectivity index (χ2n) is 9.15. The van der Waals surface area contributed by atoms with Gasteiger partial charge in [0.15, 0.2) is 0 Å². The van der Waals surface area contributed by atoms with Crippen molar-refractivity contribution in [3.63, 3.8) is 0 Å². The summed E-state index contributed by atoms with van der Waals surface area (Å²) >= 11 is 0. The molecule has 9 nitrogen and oxygen atoms in total. The van der Waals surface area contributed by atoms with Crippen LogP contribution in [0.3, 0.4) is 0 Å². The molecule has 1 aromatic carbocycles. The topological polar surface area (TPSA) is 111 Å². The molecule has 2 fully saturated rings. The summed E-state index contributed by atoms with van der Waals surface area (Å²) in [6.07, 6.45) is 2.76. The third-order valence-electron chi connectivity index (χ3n) is 6.78. The Hall–Kier alpha value is -3.15. The van der Waals surface area contributed by atoms with Gasteiger partial charge >= 0.3 is 12.0 Å². The molecule has 0 radical (unpaired) electrons. The minimum atomic E-state index is -4.83. The van der Waals surface area contributed by atoms with Gasteiger partial charge in [0.25, 0.3) is 0 Å². The Morgan fingerprint density at radius 2 is 1.86 bits per heavy atom. The van der Waals surface area contributed by atoms with Gasteiger partial charge in [-0.25, -0.2) is 4.98 Å². The van der Waals surface area contributed by atoms with Gasteiger partial charge in [-0.15, -0.1) is 13.2 Å². The fourth-order valence-corrected chi connectivity index (χ4v) is 5.06. The molecule has 0 amide bonds. The van der Waals surface area contributed by atoms with E-state index in [1.165, 1.54) is 25.0 Å². The number of para-hydroxylation sites is 1. The van der Waals surface area contributed by atoms with Crippen molar-refractivity contribution in [3.8, 4) is 5.75 Å². The molecule has 1 aliphatic carbocycles. The lowest BCUT2D eigenvalue weighted by Crippen LogP contribution is -2.39. The first kappa shape index (κ1) is 25.0. The maximum Gasteiger partial charge on any atom is 0.573 e. The van der Waals surface area contributed by atoms with Crippen LogP contribution in [0, 0.1) is 16.0 Å². The molecule has 2 heterocycles. The van der Waals surface area contributed by atoms with Crippen LogP contribution in [-0.2, 0) is 6.54 Å². The van der Waals surface area contributed by atoms with Crippen molar-refractivity contribution in [2.75, 3.05) is 30.3 Å². The first-order valence-electron chi connectivity index (χ1n) is 11.8. The molecule has 2 aromatic rings. The number of nitro groups is 1. The van der Waals surface area contributed by atoms with Crippen LogP contribution in [0.4, 0.5) is 30.6 Å². The van der Waals surface area contributed by atoms with Gasteiger partial charge in [-0.1, -0.05) is 18.2 Å². The molecule has 35 heavy (non-hydrogen) atoms. The lowest BCUT2D eigenvalue weighted by Gasteiger charge is -2.36. The van der Waals surface area contributed by atoms with Crippen LogP contribution in [0.5, 0.6) is 5.75 Å². The van der Waals surface area contributed by atoms with Crippen molar-refractivity contribution >= 4 is 17.5 Å². The van der Waals surface area contributed by atoms with Gasteiger partial charge in [0.1, 0.15) is 11.9 Å². The predicted octanol–water partition coefficient (Wildman–Crippen LogP) is 4.53. The van der Waals surface area contributed by atoms with Crippen molar-refractivity contribution in [2.24, 2.45) is 5.92 Å². The molecule has 4 rings (SSSR count). The lowest BCUT2D eigenvalue weighted by atomic mass is 9.85. The molecule has 0 atom stereocenters. The smallest absolute Gasteiger partial charge is 0.405 e. The molecular weight excluding hydrogens is 465 g/mol. The zero-order chi connectivity index (χ0) is 25.0. The Balaban J connectivity index is 1.54. The molecule has 2 aliphatic rings. The number of anilines is 2. The maximum atomic E-state index is 12.9. The third kappa shape index (κ3) is 6.50. The van der Waals surface area contributed by atoms with Crippen molar-refractivity contribution in [1.29, 1.82) is 0 Å². The second-order valence-corrected chi connectivity index (χ2v) is 9.15. The van der Waals surface area contributed by atoms with Crippen LogP contribution in [0.25, 0.3) is 0 Å². The van der Waals surface area contributed by atoms with Crippen LogP contribution in [0.2, 0.25) is 0 Å². The zero-order valence-corrected chi connectivity index (χ0v) is 19.3. The summed E-state index contributed by atoms with van der Waals surface area (Å²) in [5.74, 6) is -0.179. The molecule has 1 saturated heterocycles. The summed E-state index contributed by atoms with van der Waals surface area (Å²) < 4.78 is 43.1. The quantitative estimate of drug-likeness (QED) is 0.421. The fraction of sp³-hybridized carbons (Fsp3) is 0.565. The Bertz CT molecular complexity index is 1020. The van der Waals surface area contributed by atoms with Gasteiger partial charge in [-0.2, -0.15) is 4.98 Å². The minimum Gasteiger partial charge on any atom is -0.405 e. The van der Waals surface area contributed by atoms with E-state index in [2.05, 4.69) is 19.6 Å². The van der Waals surface area contributed by atoms with Crippen LogP contribution >= 0.6 is 0 Å². The predicted molar refractivity (Wildman–Crippen MR) is 124 cm³/mol. The number of ether oxygens (including phenoxy) is 1. The van der Waals surface area contributed by atoms with E-state index in [0.29, 0.717) is 18.2 Å². The number of hydrogen-bond acceptors (Lipinski definition) is 8. The largest absolute Gasteiger partial charge is 0.573 e. The van der Waals surface area contributed by atoms with Crippen LogP contribution in [-0.4, -0.2) is 51.8 Å². The average molecular weight is 495 g/mol. The van der Waals surface area contributed by atoms with Gasteiger partial charge in [-0.3, -0.25) is 10.1 Å². The van der Waals surface area contributed by atoms with Gasteiger partial charge in [0, 0.05) is 24.7 Å². The standard InChI is InChI=1S/C23H29F3N6O3/c24-23(25,26)35-20-6-2-1-5-17(20)15-31(22-28-13-19(32(33)34)21(27)29-22)14-16-7-9-18(10-8-16)30-11-3-4-12-30/h1-2,5-6,13,16,18H,3-4,7-12,14-15H2,(H2,27,28,29)/t16-,18-. The summed E-state index contributed by atoms with van der Waals surface area (Å²) in [5.41, 5.74) is 5.68. The van der Waals surface area contributed by atoms with Crippen molar-refractivity contribution in [2.45, 2.75) is 57.5 Å². The SMILES string of the molecule is Nc1nc(N(Cc2ccccc2OC(F)(F)F)C[C@H]2CC[C@H](N3CCCC3)CC2)ncc1[N+](=O)[O-]. The zero-order valence-electron chi connectivity index (χ0n) is 19.3. The number of alkyl halides is 3. The molecule has 0 bridgehead atoms. The maximum absolute atomic E-state index is 12.9. The molecular formula is C23H29F3N6O3. The number of nitrogens with two attached hydrogens (primary N) is 1. The van der Waals surface area contributed by atoms with E-state index in [4.69, 9.17) is 5.73 Å². The summed E-state index contributed by atoms with van der Waals surface area (Å²) in [6.45, 7) is 2.82. The molecule has 1 aromatic heterocycles. The molecule has 2 N–H and O–H groups in total. The number of nitrogen functional groups attached to an aromatic ring is 1. The van der Waals surface area contributed by atoms with Crippen LogP contribution in [0.15, 0.2) is 30.5 Å². The number of rotatable bonds is 8. The Morgan fingerprint density at radius 1 is 1.17 bits per heavy atom. The highest BCUT2D eigenvalue weighted by molar-refractivity contribution is 5.54. The van der Waals surface area contributed by atoms with Gasteiger partial charge in [0.05, 0.1) is 4.92 Å². The monoisotopic (exact) mass is 494 g/mol. The van der Waals surface area contributed by atoms with Gasteiger partial charge in [-0.05, 0) is 63.6 Å². The number of aromatic nitrogens is 2. The van der Waals surface area contributed by atoms with Crippen LogP contribution < -0.4 is 15.4 Å². The molecule has 0 unspecified atom stereocenters. The first-order chi connectivity index (χ1) is 16.7. The van der Waals surface area contributed by atoms with E-state index in [1.54, 1.807) is 17.0 Å². The molecule has 0 spiro atoms. The summed E-state index contributed by atoms with van der Waals surface area (Å²) in [5, 5.41) is 11.1. The molecule has 190 valence electrons. The van der Waals surface area contributed by atoms with E-state index >= 15 is 0 Å². The molecule has 1 aliphatic heterocycles. The van der Waals surface area contributed by atoms with E-state index in [-0.39, 0.29) is 30.0 Å². The number of halogens is 3. The van der Waals surface area contributed by atoms with Crippen molar-refractivity contribution < 1.29 is 22.8 Å². The fourth-order valence-electron chi connectivity index (χ4n) is 5.06. The number of nitrogens with zero attached hydrogens (tertiary/aromatic N) is 5. The number of likely N-dealkylation sites (tertiary alicyclic amines) is 1. The third-order valence-corrected chi connectivity index (χ3v) is 6.78. The Kier molecular flexibility index (Phi) is 7.58. The average Bonchev–Trinajstić information content (AvgIpc) is 3.34. The number of benzene rings is 1. The first-order valence-corrected chi connectivity index (χ1v) is 11.8. The summed E-state index contributed by atoms with van der Waals surface area (Å²) in [6, 6.07) is 6.48. The summed E-state index contributed by atoms with van der Waals surface area (Å²) in [7, 11) is 0. The van der Waals surface area contributed by atoms with Crippen LogP contribution in [0.1, 0.15) is 44.1 Å². The second kappa shape index (κ2) is 10.6. The Labute approximate surface area is 201 Å². The highest BCUT2D eigenvalue weighted by Gasteiger charge is 2.33. The minimum absolute atomic E-state index is 0.0373. The van der Waals surface area contributed by atoms with Gasteiger partial charge in [0.2, 0.25) is 11.8 Å². The van der Waals surface area contributed by atoms with Crippen molar-refractivity contribution in [1.82, 2.24) is 14.9 Å². The summed E-state index contributed by atoms with van der Waals surface area (Å²) in [4.78, 5) is 23.0. The number of hydrogen-bond donors (Lipinski definition) is 1. The highest BCUT2D eigenvalue weighted by atomic mass is 19.4. The highest BCUT2D eigenvalue weighted by Crippen LogP contribution is 2.33. The van der Waals surface area contributed by atoms with Gasteiger partial charge < -0.3 is 20.3 Å². The molecule has 12 heteroatoms. The Morgan fingerprint density at radius 3 is 2.49 bits per heavy atom. The van der Waals surface area contributed by atoms with E-state index in [0.717, 1.165) is 45.0 Å². The molecule has 1 saturated carbocycles.